The molecule has 1 saturated heterocycles. The van der Waals surface area contributed by atoms with Crippen LogP contribution in [0.4, 0.5) is 5.82 Å². The summed E-state index contributed by atoms with van der Waals surface area (Å²) in [6, 6.07) is 8.43. The van der Waals surface area contributed by atoms with E-state index in [4.69, 9.17) is 10.5 Å². The van der Waals surface area contributed by atoms with Crippen molar-refractivity contribution >= 4 is 16.9 Å². The standard InChI is InChI=1S/C24H34N6O2/c1-3-4-14-32-24-27-20-19(15-26-21(20)23(25)28-24)22(31)18-8-6-17(7-9-18)16-30-11-5-10-29(2)12-13-30/h6-9,15,22,26,31H,3-5,10-14,16H2,1-2H3,(H2,25,27,28). The highest BCUT2D eigenvalue weighted by atomic mass is 16.5. The average molecular weight is 439 g/mol. The fourth-order valence-corrected chi connectivity index (χ4v) is 4.11. The number of ether oxygens (including phenoxy) is 1. The molecular formula is C24H34N6O2. The monoisotopic (exact) mass is 438 g/mol. The van der Waals surface area contributed by atoms with Crippen LogP contribution in [-0.2, 0) is 6.54 Å². The summed E-state index contributed by atoms with van der Waals surface area (Å²) >= 11 is 0. The normalized spacial score (nSPS) is 16.8. The number of nitrogen functional groups attached to an aromatic ring is 1. The van der Waals surface area contributed by atoms with E-state index in [9.17, 15) is 5.11 Å². The summed E-state index contributed by atoms with van der Waals surface area (Å²) in [5, 5.41) is 11.1. The maximum absolute atomic E-state index is 11.1. The SMILES string of the molecule is CCCCOc1nc(N)c2[nH]cc(C(O)c3ccc(CN4CCCN(C)CC4)cc3)c2n1. The van der Waals surface area contributed by atoms with E-state index in [1.165, 1.54) is 12.0 Å². The Kier molecular flexibility index (Phi) is 7.24. The first-order chi connectivity index (χ1) is 15.5. The van der Waals surface area contributed by atoms with Gasteiger partial charge in [-0.1, -0.05) is 37.6 Å². The average Bonchev–Trinajstić information content (AvgIpc) is 3.11. The first-order valence-corrected chi connectivity index (χ1v) is 11.5. The number of aromatic amines is 1. The van der Waals surface area contributed by atoms with Crippen LogP contribution in [0.5, 0.6) is 6.01 Å². The molecule has 4 N–H and O–H groups in total. The maximum atomic E-state index is 11.1. The number of aliphatic hydroxyl groups excluding tert-OH is 1. The lowest BCUT2D eigenvalue weighted by atomic mass is 10.0. The van der Waals surface area contributed by atoms with Crippen LogP contribution >= 0.6 is 0 Å². The van der Waals surface area contributed by atoms with Gasteiger partial charge in [-0.3, -0.25) is 4.90 Å². The van der Waals surface area contributed by atoms with Gasteiger partial charge in [-0.25, -0.2) is 0 Å². The molecule has 2 aromatic heterocycles. The third-order valence-corrected chi connectivity index (χ3v) is 6.10. The number of fused-ring (bicyclic) bond motifs is 1. The summed E-state index contributed by atoms with van der Waals surface area (Å²) in [6.07, 6.45) is 4.07. The van der Waals surface area contributed by atoms with Crippen molar-refractivity contribution in [2.45, 2.75) is 38.8 Å². The fourth-order valence-electron chi connectivity index (χ4n) is 4.11. The zero-order valence-electron chi connectivity index (χ0n) is 19.0. The Morgan fingerprint density at radius 1 is 1.16 bits per heavy atom. The first-order valence-electron chi connectivity index (χ1n) is 11.5. The second kappa shape index (κ2) is 10.3. The number of aromatic nitrogens is 3. The van der Waals surface area contributed by atoms with Gasteiger partial charge in [-0.2, -0.15) is 9.97 Å². The summed E-state index contributed by atoms with van der Waals surface area (Å²) in [4.78, 5) is 16.7. The van der Waals surface area contributed by atoms with Crippen molar-refractivity contribution in [3.05, 3.63) is 47.2 Å². The molecule has 0 aliphatic carbocycles. The Morgan fingerprint density at radius 2 is 1.97 bits per heavy atom. The molecule has 1 aliphatic heterocycles. The van der Waals surface area contributed by atoms with Crippen molar-refractivity contribution in [2.75, 3.05) is 45.6 Å². The number of benzene rings is 1. The molecule has 3 heterocycles. The molecule has 4 rings (SSSR count). The molecule has 0 radical (unpaired) electrons. The molecule has 172 valence electrons. The van der Waals surface area contributed by atoms with Crippen LogP contribution in [0.1, 0.15) is 49.0 Å². The fraction of sp³-hybridized carbons (Fsp3) is 0.500. The number of nitrogens with one attached hydrogen (secondary N) is 1. The number of anilines is 1. The summed E-state index contributed by atoms with van der Waals surface area (Å²) < 4.78 is 5.64. The van der Waals surface area contributed by atoms with E-state index in [2.05, 4.69) is 50.9 Å². The van der Waals surface area contributed by atoms with E-state index in [-0.39, 0.29) is 6.01 Å². The number of aliphatic hydroxyl groups is 1. The molecule has 0 amide bonds. The number of rotatable bonds is 8. The lowest BCUT2D eigenvalue weighted by Gasteiger charge is -2.20. The van der Waals surface area contributed by atoms with Crippen LogP contribution in [0.2, 0.25) is 0 Å². The number of likely N-dealkylation sites (N-methyl/N-ethyl adjacent to an activating group) is 1. The van der Waals surface area contributed by atoms with Gasteiger partial charge < -0.3 is 25.5 Å². The highest BCUT2D eigenvalue weighted by Crippen LogP contribution is 2.31. The van der Waals surface area contributed by atoms with Gasteiger partial charge in [0, 0.05) is 31.4 Å². The van der Waals surface area contributed by atoms with Crippen molar-refractivity contribution in [3.8, 4) is 6.01 Å². The summed E-state index contributed by atoms with van der Waals surface area (Å²) in [7, 11) is 2.18. The number of H-pyrrole nitrogens is 1. The largest absolute Gasteiger partial charge is 0.463 e. The molecule has 1 unspecified atom stereocenters. The van der Waals surface area contributed by atoms with Gasteiger partial charge in [-0.15, -0.1) is 0 Å². The van der Waals surface area contributed by atoms with Crippen molar-refractivity contribution in [2.24, 2.45) is 0 Å². The summed E-state index contributed by atoms with van der Waals surface area (Å²) in [5.41, 5.74) is 10.0. The van der Waals surface area contributed by atoms with E-state index in [0.717, 1.165) is 51.1 Å². The summed E-state index contributed by atoms with van der Waals surface area (Å²) in [5.74, 6) is 0.318. The molecule has 8 heteroatoms. The van der Waals surface area contributed by atoms with E-state index in [0.29, 0.717) is 29.0 Å². The van der Waals surface area contributed by atoms with Crippen LogP contribution in [0.25, 0.3) is 11.0 Å². The van der Waals surface area contributed by atoms with Crippen LogP contribution in [-0.4, -0.2) is 69.7 Å². The molecule has 0 saturated carbocycles. The molecule has 3 aromatic rings. The third-order valence-electron chi connectivity index (χ3n) is 6.10. The van der Waals surface area contributed by atoms with Crippen molar-refractivity contribution in [1.29, 1.82) is 0 Å². The lowest BCUT2D eigenvalue weighted by molar-refractivity contribution is 0.221. The molecular weight excluding hydrogens is 404 g/mol. The van der Waals surface area contributed by atoms with Gasteiger partial charge in [0.15, 0.2) is 5.82 Å². The second-order valence-corrected chi connectivity index (χ2v) is 8.64. The number of nitrogens with two attached hydrogens (primary N) is 1. The Labute approximate surface area is 189 Å². The second-order valence-electron chi connectivity index (χ2n) is 8.64. The minimum atomic E-state index is -0.817. The van der Waals surface area contributed by atoms with Crippen molar-refractivity contribution in [1.82, 2.24) is 24.8 Å². The Hall–Kier alpha value is -2.68. The maximum Gasteiger partial charge on any atom is 0.319 e. The molecule has 32 heavy (non-hydrogen) atoms. The Balaban J connectivity index is 1.49. The quantitative estimate of drug-likeness (QED) is 0.465. The number of unbranched alkanes of at least 4 members (excludes halogenated alkanes) is 1. The van der Waals surface area contributed by atoms with Crippen LogP contribution in [0, 0.1) is 0 Å². The van der Waals surface area contributed by atoms with E-state index in [1.54, 1.807) is 6.20 Å². The molecule has 0 spiro atoms. The van der Waals surface area contributed by atoms with E-state index in [1.807, 2.05) is 12.1 Å². The van der Waals surface area contributed by atoms with E-state index >= 15 is 0 Å². The lowest BCUT2D eigenvalue weighted by Crippen LogP contribution is -2.28. The molecule has 0 bridgehead atoms. The third kappa shape index (κ3) is 5.20. The van der Waals surface area contributed by atoms with Crippen molar-refractivity contribution < 1.29 is 9.84 Å². The van der Waals surface area contributed by atoms with Gasteiger partial charge in [0.25, 0.3) is 0 Å². The van der Waals surface area contributed by atoms with Gasteiger partial charge in [0.05, 0.1) is 6.61 Å². The van der Waals surface area contributed by atoms with Gasteiger partial charge in [-0.05, 0) is 44.1 Å². The minimum absolute atomic E-state index is 0.245. The first kappa shape index (κ1) is 22.5. The molecule has 1 fully saturated rings. The highest BCUT2D eigenvalue weighted by molar-refractivity contribution is 5.88. The summed E-state index contributed by atoms with van der Waals surface area (Å²) in [6.45, 7) is 8.03. The predicted octanol–water partition coefficient (Wildman–Crippen LogP) is 2.94. The number of nitrogens with zero attached hydrogens (tertiary/aromatic N) is 4. The predicted molar refractivity (Wildman–Crippen MR) is 127 cm³/mol. The topological polar surface area (TPSA) is 104 Å². The Morgan fingerprint density at radius 3 is 2.75 bits per heavy atom. The molecule has 1 aliphatic rings. The molecule has 1 atom stereocenters. The smallest absolute Gasteiger partial charge is 0.319 e. The van der Waals surface area contributed by atoms with Crippen LogP contribution < -0.4 is 10.5 Å². The van der Waals surface area contributed by atoms with Crippen LogP contribution in [0.15, 0.2) is 30.5 Å². The molecule has 8 nitrogen and oxygen atoms in total. The van der Waals surface area contributed by atoms with E-state index < -0.39 is 6.10 Å². The van der Waals surface area contributed by atoms with Crippen molar-refractivity contribution in [3.63, 3.8) is 0 Å². The zero-order valence-corrected chi connectivity index (χ0v) is 19.0. The minimum Gasteiger partial charge on any atom is -0.463 e. The highest BCUT2D eigenvalue weighted by Gasteiger charge is 2.20. The number of hydrogen-bond acceptors (Lipinski definition) is 7. The Bertz CT molecular complexity index is 1020. The van der Waals surface area contributed by atoms with Crippen LogP contribution in [0.3, 0.4) is 0 Å². The zero-order chi connectivity index (χ0) is 22.5. The number of hydrogen-bond donors (Lipinski definition) is 3. The molecule has 1 aromatic carbocycles. The van der Waals surface area contributed by atoms with Gasteiger partial charge >= 0.3 is 6.01 Å². The van der Waals surface area contributed by atoms with Gasteiger partial charge in [0.2, 0.25) is 0 Å². The van der Waals surface area contributed by atoms with Gasteiger partial charge in [0.1, 0.15) is 17.1 Å².